The molecule has 0 aliphatic rings. The van der Waals surface area contributed by atoms with E-state index in [0.717, 1.165) is 0 Å². The average Bonchev–Trinajstić information content (AvgIpc) is 3.30. The third-order valence-corrected chi connectivity index (χ3v) is 10.4. The van der Waals surface area contributed by atoms with Gasteiger partial charge in [0.05, 0.1) is 224 Å². The standard InChI is InChI=1S/C53H104O26/c1-37(54)13-64-25-51(26-65-14-38(2)55,27-66-15-39(3)56)33-72-21-45(9)76-49(62)78-47(11)23-74-35-53(31-70-19-43(7)60,32-71-20-44(8)61)36-75-24-48(12)79-50(63)77-46(10)22-73-34-52(28-67-16-40(4)57,29-68-17-41(5)58)30-69-18-42(6)59/h37-48,54-61H,13-36H2,1-12H3. The molecule has 26 heteroatoms. The van der Waals surface area contributed by atoms with Gasteiger partial charge in [-0.3, -0.25) is 0 Å². The summed E-state index contributed by atoms with van der Waals surface area (Å²) in [4.78, 5) is 25.8. The molecule has 0 fully saturated rings. The van der Waals surface area contributed by atoms with Gasteiger partial charge in [0.15, 0.2) is 0 Å². The molecular formula is C53H104O26. The van der Waals surface area contributed by atoms with Gasteiger partial charge < -0.3 is 117 Å². The Balaban J connectivity index is 5.68. The van der Waals surface area contributed by atoms with E-state index in [2.05, 4.69) is 0 Å². The van der Waals surface area contributed by atoms with Crippen molar-refractivity contribution >= 4 is 12.3 Å². The van der Waals surface area contributed by atoms with Crippen LogP contribution in [0.4, 0.5) is 9.59 Å². The smallest absolute Gasteiger partial charge is 0.429 e. The summed E-state index contributed by atoms with van der Waals surface area (Å²) in [6.45, 7) is 18.8. The molecule has 12 unspecified atom stereocenters. The Kier molecular flexibility index (Phi) is 43.0. The van der Waals surface area contributed by atoms with Gasteiger partial charge >= 0.3 is 12.3 Å². The third kappa shape index (κ3) is 43.1. The normalized spacial score (nSPS) is 19.0. The molecule has 0 aromatic rings. The first-order valence-electron chi connectivity index (χ1n) is 27.2. The Bertz CT molecular complexity index is 1290. The molecule has 0 bridgehead atoms. The fraction of sp³-hybridized carbons (Fsp3) is 0.962. The van der Waals surface area contributed by atoms with Crippen LogP contribution in [0, 0.1) is 16.2 Å². The van der Waals surface area contributed by atoms with E-state index in [0.29, 0.717) is 0 Å². The molecule has 0 radical (unpaired) electrons. The van der Waals surface area contributed by atoms with E-state index in [9.17, 15) is 50.4 Å². The summed E-state index contributed by atoms with van der Waals surface area (Å²) in [5.41, 5.74) is -2.90. The van der Waals surface area contributed by atoms with Crippen LogP contribution in [0.15, 0.2) is 0 Å². The summed E-state index contributed by atoms with van der Waals surface area (Å²) in [7, 11) is 0. The molecule has 0 aliphatic carbocycles. The first-order valence-corrected chi connectivity index (χ1v) is 27.2. The van der Waals surface area contributed by atoms with Crippen molar-refractivity contribution in [3.05, 3.63) is 0 Å². The van der Waals surface area contributed by atoms with Crippen molar-refractivity contribution in [1.82, 2.24) is 0 Å². The summed E-state index contributed by atoms with van der Waals surface area (Å²) >= 11 is 0. The van der Waals surface area contributed by atoms with Crippen LogP contribution in [0.2, 0.25) is 0 Å². The zero-order chi connectivity index (χ0) is 59.9. The van der Waals surface area contributed by atoms with Crippen LogP contribution < -0.4 is 0 Å². The van der Waals surface area contributed by atoms with E-state index in [4.69, 9.17) is 75.8 Å². The number of rotatable bonds is 52. The van der Waals surface area contributed by atoms with Crippen molar-refractivity contribution in [3.8, 4) is 0 Å². The monoisotopic (exact) mass is 1160 g/mol. The predicted octanol–water partition coefficient (Wildman–Crippen LogP) is 1.05. The van der Waals surface area contributed by atoms with E-state index in [1.54, 1.807) is 83.1 Å². The summed E-state index contributed by atoms with van der Waals surface area (Å²) in [6, 6.07) is 0. The topological polar surface area (TPSA) is 344 Å². The van der Waals surface area contributed by atoms with Crippen LogP contribution in [0.1, 0.15) is 83.1 Å². The molecule has 0 amide bonds. The highest BCUT2D eigenvalue weighted by Crippen LogP contribution is 2.25. The largest absolute Gasteiger partial charge is 0.508 e. The fourth-order valence-electron chi connectivity index (χ4n) is 6.93. The molecule has 0 spiro atoms. The van der Waals surface area contributed by atoms with Gasteiger partial charge in [-0.1, -0.05) is 0 Å². The molecule has 79 heavy (non-hydrogen) atoms. The second-order valence-electron chi connectivity index (χ2n) is 21.7. The van der Waals surface area contributed by atoms with Gasteiger partial charge in [0.2, 0.25) is 0 Å². The highest BCUT2D eigenvalue weighted by Gasteiger charge is 2.37. The molecule has 472 valence electrons. The lowest BCUT2D eigenvalue weighted by atomic mass is 9.92. The highest BCUT2D eigenvalue weighted by atomic mass is 16.7. The maximum atomic E-state index is 12.9. The van der Waals surface area contributed by atoms with Gasteiger partial charge in [0, 0.05) is 0 Å². The van der Waals surface area contributed by atoms with Gasteiger partial charge in [0.25, 0.3) is 0 Å². The van der Waals surface area contributed by atoms with E-state index in [1.165, 1.54) is 0 Å². The Labute approximate surface area is 468 Å². The second kappa shape index (κ2) is 44.3. The van der Waals surface area contributed by atoms with Gasteiger partial charge in [-0.25, -0.2) is 9.59 Å². The lowest BCUT2D eigenvalue weighted by Crippen LogP contribution is -2.44. The number of hydrogen-bond donors (Lipinski definition) is 8. The SMILES string of the molecule is CC(O)COCC(COCC(C)O)(COCC(C)O)COCC(C)OC(=O)OC(C)COCC(COCC(C)O)(COCC(C)O)COCC(C)OC(=O)OC(C)COCC(COCC(C)O)(COCC(C)O)COCC(C)O. The molecule has 0 aromatic carbocycles. The molecule has 0 aromatic heterocycles. The highest BCUT2D eigenvalue weighted by molar-refractivity contribution is 5.60. The van der Waals surface area contributed by atoms with Crippen molar-refractivity contribution in [2.75, 3.05) is 159 Å². The zero-order valence-electron chi connectivity index (χ0n) is 49.3. The van der Waals surface area contributed by atoms with Crippen molar-refractivity contribution in [1.29, 1.82) is 0 Å². The van der Waals surface area contributed by atoms with Crippen molar-refractivity contribution in [2.45, 2.75) is 156 Å². The van der Waals surface area contributed by atoms with Gasteiger partial charge in [-0.05, 0) is 83.1 Å². The van der Waals surface area contributed by atoms with Crippen LogP contribution in [0.3, 0.4) is 0 Å². The molecule has 0 heterocycles. The van der Waals surface area contributed by atoms with Gasteiger partial charge in [-0.2, -0.15) is 0 Å². The second-order valence-corrected chi connectivity index (χ2v) is 21.7. The number of aliphatic hydroxyl groups excluding tert-OH is 8. The van der Waals surface area contributed by atoms with E-state index < -0.39 is 102 Å². The van der Waals surface area contributed by atoms with Gasteiger partial charge in [-0.15, -0.1) is 0 Å². The van der Waals surface area contributed by atoms with E-state index in [-0.39, 0.29) is 159 Å². The molecular weight excluding hydrogens is 1050 g/mol. The zero-order valence-corrected chi connectivity index (χ0v) is 49.3. The number of carbonyl (C=O) groups excluding carboxylic acids is 2. The van der Waals surface area contributed by atoms with Crippen molar-refractivity contribution in [3.63, 3.8) is 0 Å². The minimum absolute atomic E-state index is 0.00247. The van der Waals surface area contributed by atoms with Crippen molar-refractivity contribution in [2.24, 2.45) is 16.2 Å². The number of hydrogen-bond acceptors (Lipinski definition) is 26. The molecule has 0 rings (SSSR count). The first-order chi connectivity index (χ1) is 37.1. The Morgan fingerprint density at radius 2 is 0.354 bits per heavy atom. The molecule has 26 nitrogen and oxygen atoms in total. The quantitative estimate of drug-likeness (QED) is 0.0395. The van der Waals surface area contributed by atoms with Gasteiger partial charge in [0.1, 0.15) is 24.4 Å². The average molecular weight is 1160 g/mol. The number of ether oxygens (including phenoxy) is 16. The lowest BCUT2D eigenvalue weighted by Gasteiger charge is -2.34. The van der Waals surface area contributed by atoms with Crippen molar-refractivity contribution < 1.29 is 126 Å². The van der Waals surface area contributed by atoms with Crippen LogP contribution in [0.5, 0.6) is 0 Å². The maximum Gasteiger partial charge on any atom is 0.508 e. The minimum Gasteiger partial charge on any atom is -0.429 e. The summed E-state index contributed by atoms with van der Waals surface area (Å²) in [5.74, 6) is 0. The van der Waals surface area contributed by atoms with E-state index >= 15 is 0 Å². The molecule has 0 saturated carbocycles. The Hall–Kier alpha value is -2.26. The molecule has 0 saturated heterocycles. The summed E-state index contributed by atoms with van der Waals surface area (Å²) in [6.07, 6.45) is -11.2. The molecule has 8 N–H and O–H groups in total. The van der Waals surface area contributed by atoms with Crippen LogP contribution in [-0.2, 0) is 75.8 Å². The number of aliphatic hydroxyl groups is 8. The fourth-order valence-corrected chi connectivity index (χ4v) is 6.93. The third-order valence-electron chi connectivity index (χ3n) is 10.4. The predicted molar refractivity (Wildman–Crippen MR) is 284 cm³/mol. The molecule has 12 atom stereocenters. The van der Waals surface area contributed by atoms with Crippen LogP contribution in [-0.4, -0.2) is 285 Å². The minimum atomic E-state index is -1.05. The Morgan fingerprint density at radius 1 is 0.241 bits per heavy atom. The maximum absolute atomic E-state index is 12.9. The first kappa shape index (κ1) is 76.7. The summed E-state index contributed by atoms with van der Waals surface area (Å²) in [5, 5.41) is 78.6. The van der Waals surface area contributed by atoms with Crippen LogP contribution in [0.25, 0.3) is 0 Å². The van der Waals surface area contributed by atoms with Crippen LogP contribution >= 0.6 is 0 Å². The van der Waals surface area contributed by atoms with E-state index in [1.807, 2.05) is 0 Å². The Morgan fingerprint density at radius 3 is 0.468 bits per heavy atom. The molecule has 0 aliphatic heterocycles. The summed E-state index contributed by atoms with van der Waals surface area (Å²) < 4.78 is 92.0. The lowest BCUT2D eigenvalue weighted by molar-refractivity contribution is -0.135. The number of carbonyl (C=O) groups is 2.